The molecule has 2 aliphatic rings. The summed E-state index contributed by atoms with van der Waals surface area (Å²) in [4.78, 5) is 14.0. The van der Waals surface area contributed by atoms with Crippen molar-refractivity contribution >= 4 is 6.09 Å². The van der Waals surface area contributed by atoms with E-state index in [2.05, 4.69) is 0 Å². The Bertz CT molecular complexity index is 278. The molecule has 0 atom stereocenters. The third-order valence-electron chi connectivity index (χ3n) is 3.30. The van der Waals surface area contributed by atoms with E-state index in [0.29, 0.717) is 19.8 Å². The van der Waals surface area contributed by atoms with Crippen LogP contribution in [0.25, 0.3) is 0 Å². The molecule has 92 valence electrons. The van der Waals surface area contributed by atoms with Crippen LogP contribution in [-0.2, 0) is 9.47 Å². The van der Waals surface area contributed by atoms with E-state index in [1.54, 1.807) is 0 Å². The molecule has 1 heterocycles. The molecule has 1 saturated carbocycles. The summed E-state index contributed by atoms with van der Waals surface area (Å²) >= 11 is 0. The van der Waals surface area contributed by atoms with Gasteiger partial charge in [-0.05, 0) is 40.0 Å². The van der Waals surface area contributed by atoms with E-state index >= 15 is 0 Å². The molecule has 0 aromatic heterocycles. The van der Waals surface area contributed by atoms with Crippen molar-refractivity contribution < 1.29 is 14.3 Å². The van der Waals surface area contributed by atoms with Crippen LogP contribution in [0.3, 0.4) is 0 Å². The van der Waals surface area contributed by atoms with Crippen molar-refractivity contribution in [3.05, 3.63) is 0 Å². The summed E-state index contributed by atoms with van der Waals surface area (Å²) < 4.78 is 10.9. The Morgan fingerprint density at radius 2 is 2.06 bits per heavy atom. The molecule has 2 rings (SSSR count). The van der Waals surface area contributed by atoms with Gasteiger partial charge in [-0.1, -0.05) is 0 Å². The van der Waals surface area contributed by atoms with E-state index < -0.39 is 5.60 Å². The second kappa shape index (κ2) is 3.91. The minimum absolute atomic E-state index is 0.0550. The average molecular weight is 227 g/mol. The number of nitrogens with zero attached hydrogens (tertiary/aromatic N) is 1. The second-order valence-electron chi connectivity index (χ2n) is 5.76. The summed E-state index contributed by atoms with van der Waals surface area (Å²) in [5.74, 6) is 0. The Morgan fingerprint density at radius 1 is 1.38 bits per heavy atom. The zero-order valence-electron chi connectivity index (χ0n) is 10.4. The van der Waals surface area contributed by atoms with Gasteiger partial charge in [-0.3, -0.25) is 4.90 Å². The maximum atomic E-state index is 12.1. The van der Waals surface area contributed by atoms with Crippen LogP contribution in [0.1, 0.15) is 40.0 Å². The highest BCUT2D eigenvalue weighted by molar-refractivity contribution is 5.69. The van der Waals surface area contributed by atoms with Gasteiger partial charge in [0, 0.05) is 6.54 Å². The zero-order chi connectivity index (χ0) is 11.8. The number of hydrogen-bond donors (Lipinski definition) is 0. The fourth-order valence-corrected chi connectivity index (χ4v) is 2.33. The molecule has 0 unspecified atom stereocenters. The molecule has 4 heteroatoms. The topological polar surface area (TPSA) is 38.8 Å². The maximum Gasteiger partial charge on any atom is 0.410 e. The summed E-state index contributed by atoms with van der Waals surface area (Å²) in [6.07, 6.45) is 3.09. The highest BCUT2D eigenvalue weighted by atomic mass is 16.6. The van der Waals surface area contributed by atoms with Gasteiger partial charge in [0.2, 0.25) is 0 Å². The summed E-state index contributed by atoms with van der Waals surface area (Å²) in [5.41, 5.74) is -0.471. The van der Waals surface area contributed by atoms with Crippen molar-refractivity contribution in [3.63, 3.8) is 0 Å². The molecule has 1 amide bonds. The molecule has 4 nitrogen and oxygen atoms in total. The van der Waals surface area contributed by atoms with Gasteiger partial charge in [0.1, 0.15) is 5.60 Å². The predicted molar refractivity (Wildman–Crippen MR) is 60.3 cm³/mol. The van der Waals surface area contributed by atoms with Crippen LogP contribution in [0.4, 0.5) is 4.79 Å². The van der Waals surface area contributed by atoms with Gasteiger partial charge in [0.25, 0.3) is 0 Å². The maximum absolute atomic E-state index is 12.1. The first-order chi connectivity index (χ1) is 7.43. The van der Waals surface area contributed by atoms with Gasteiger partial charge in [-0.25, -0.2) is 4.79 Å². The first kappa shape index (κ1) is 11.7. The normalized spacial score (nSPS) is 24.1. The smallest absolute Gasteiger partial charge is 0.410 e. The van der Waals surface area contributed by atoms with Crippen molar-refractivity contribution in [1.82, 2.24) is 4.90 Å². The fourth-order valence-electron chi connectivity index (χ4n) is 2.33. The van der Waals surface area contributed by atoms with Crippen molar-refractivity contribution in [2.24, 2.45) is 0 Å². The number of morpholine rings is 1. The molecule has 1 spiro atoms. The largest absolute Gasteiger partial charge is 0.444 e. The number of ether oxygens (including phenoxy) is 2. The van der Waals surface area contributed by atoms with Gasteiger partial charge < -0.3 is 9.47 Å². The highest BCUT2D eigenvalue weighted by Gasteiger charge is 2.48. The van der Waals surface area contributed by atoms with Crippen LogP contribution >= 0.6 is 0 Å². The monoisotopic (exact) mass is 227 g/mol. The van der Waals surface area contributed by atoms with Crippen molar-refractivity contribution in [1.29, 1.82) is 0 Å². The lowest BCUT2D eigenvalue weighted by atomic mass is 9.75. The van der Waals surface area contributed by atoms with E-state index in [1.165, 1.54) is 6.42 Å². The first-order valence-corrected chi connectivity index (χ1v) is 6.01. The lowest BCUT2D eigenvalue weighted by molar-refractivity contribution is -0.105. The molecule has 0 N–H and O–H groups in total. The Labute approximate surface area is 96.9 Å². The number of rotatable bonds is 0. The van der Waals surface area contributed by atoms with E-state index in [0.717, 1.165) is 12.8 Å². The SMILES string of the molecule is CC(C)(C)OC(=O)N1CCOCC12CCC2. The van der Waals surface area contributed by atoms with Crippen LogP contribution in [0, 0.1) is 0 Å². The number of carbonyl (C=O) groups is 1. The Balaban J connectivity index is 2.03. The van der Waals surface area contributed by atoms with Crippen LogP contribution in [-0.4, -0.2) is 41.9 Å². The minimum atomic E-state index is -0.416. The molecule has 0 bridgehead atoms. The third kappa shape index (κ3) is 2.17. The summed E-state index contributed by atoms with van der Waals surface area (Å²) in [7, 11) is 0. The molecule has 0 radical (unpaired) electrons. The molecule has 2 fully saturated rings. The van der Waals surface area contributed by atoms with E-state index in [-0.39, 0.29) is 11.6 Å². The standard InChI is InChI=1S/C12H21NO3/c1-11(2,3)16-10(14)13-7-8-15-9-12(13)5-4-6-12/h4-9H2,1-3H3. The second-order valence-corrected chi connectivity index (χ2v) is 5.76. The van der Waals surface area contributed by atoms with Crippen LogP contribution in [0.2, 0.25) is 0 Å². The highest BCUT2D eigenvalue weighted by Crippen LogP contribution is 2.40. The van der Waals surface area contributed by atoms with Crippen molar-refractivity contribution in [2.75, 3.05) is 19.8 Å². The lowest BCUT2D eigenvalue weighted by Crippen LogP contribution is -2.63. The zero-order valence-corrected chi connectivity index (χ0v) is 10.4. The molecule has 0 aromatic rings. The van der Waals surface area contributed by atoms with Crippen molar-refractivity contribution in [3.8, 4) is 0 Å². The average Bonchev–Trinajstić information content (AvgIpc) is 2.12. The van der Waals surface area contributed by atoms with E-state index in [1.807, 2.05) is 25.7 Å². The van der Waals surface area contributed by atoms with Gasteiger partial charge in [-0.15, -0.1) is 0 Å². The van der Waals surface area contributed by atoms with E-state index in [4.69, 9.17) is 9.47 Å². The predicted octanol–water partition coefficient (Wildman–Crippen LogP) is 2.18. The number of carbonyl (C=O) groups excluding carboxylic acids is 1. The van der Waals surface area contributed by atoms with E-state index in [9.17, 15) is 4.79 Å². The van der Waals surface area contributed by atoms with Gasteiger partial charge in [0.05, 0.1) is 18.8 Å². The van der Waals surface area contributed by atoms with Gasteiger partial charge in [0.15, 0.2) is 0 Å². The quantitative estimate of drug-likeness (QED) is 0.636. The number of hydrogen-bond acceptors (Lipinski definition) is 3. The molecular weight excluding hydrogens is 206 g/mol. The molecule has 16 heavy (non-hydrogen) atoms. The first-order valence-electron chi connectivity index (χ1n) is 6.01. The van der Waals surface area contributed by atoms with Crippen LogP contribution in [0.5, 0.6) is 0 Å². The summed E-state index contributed by atoms with van der Waals surface area (Å²) in [6, 6.07) is 0. The summed E-state index contributed by atoms with van der Waals surface area (Å²) in [5, 5.41) is 0. The van der Waals surface area contributed by atoms with Crippen LogP contribution in [0.15, 0.2) is 0 Å². The molecule has 1 aliphatic carbocycles. The van der Waals surface area contributed by atoms with Crippen LogP contribution < -0.4 is 0 Å². The Morgan fingerprint density at radius 3 is 2.56 bits per heavy atom. The van der Waals surface area contributed by atoms with Gasteiger partial charge >= 0.3 is 6.09 Å². The Kier molecular flexibility index (Phi) is 2.86. The third-order valence-corrected chi connectivity index (χ3v) is 3.30. The van der Waals surface area contributed by atoms with Gasteiger partial charge in [-0.2, -0.15) is 0 Å². The molecule has 1 aliphatic heterocycles. The van der Waals surface area contributed by atoms with Crippen molar-refractivity contribution in [2.45, 2.75) is 51.2 Å². The molecule has 0 aromatic carbocycles. The minimum Gasteiger partial charge on any atom is -0.444 e. The lowest BCUT2D eigenvalue weighted by Gasteiger charge is -2.52. The fraction of sp³-hybridized carbons (Fsp3) is 0.917. The number of amides is 1. The Hall–Kier alpha value is -0.770. The summed E-state index contributed by atoms with van der Waals surface area (Å²) in [6.45, 7) is 7.67. The molecular formula is C12H21NO3. The molecule has 1 saturated heterocycles.